The Hall–Kier alpha value is -4.37. The zero-order valence-corrected chi connectivity index (χ0v) is 21.3. The van der Waals surface area contributed by atoms with Crippen molar-refractivity contribution in [1.29, 1.82) is 0 Å². The number of benzene rings is 3. The topological polar surface area (TPSA) is 88.1 Å². The van der Waals surface area contributed by atoms with E-state index in [4.69, 9.17) is 23.9 Å². The highest BCUT2D eigenvalue weighted by Crippen LogP contribution is 2.36. The van der Waals surface area contributed by atoms with Gasteiger partial charge in [0.2, 0.25) is 11.8 Å². The van der Waals surface area contributed by atoms with E-state index in [-0.39, 0.29) is 0 Å². The molecule has 0 saturated carbocycles. The van der Waals surface area contributed by atoms with Crippen LogP contribution in [0.25, 0.3) is 44.6 Å². The largest absolute Gasteiger partial charge is 0.493 e. The lowest BCUT2D eigenvalue weighted by Crippen LogP contribution is -1.93. The summed E-state index contributed by atoms with van der Waals surface area (Å²) in [6.07, 6.45) is 0. The minimum atomic E-state index is 0.445. The number of imidazole rings is 1. The molecule has 0 atom stereocenters. The van der Waals surface area contributed by atoms with Gasteiger partial charge in [0.1, 0.15) is 0 Å². The van der Waals surface area contributed by atoms with Crippen LogP contribution in [0.3, 0.4) is 0 Å². The molecule has 6 rings (SSSR count). The normalized spacial score (nSPS) is 11.3. The molecule has 0 bridgehead atoms. The number of hydrogen-bond acceptors (Lipinski definition) is 8. The van der Waals surface area contributed by atoms with Crippen LogP contribution in [0.1, 0.15) is 5.89 Å². The maximum Gasteiger partial charge on any atom is 0.248 e. The highest BCUT2D eigenvalue weighted by molar-refractivity contribution is 7.98. The molecule has 3 aromatic heterocycles. The Labute approximate surface area is 217 Å². The van der Waals surface area contributed by atoms with Gasteiger partial charge in [-0.1, -0.05) is 42.1 Å². The zero-order valence-electron chi connectivity index (χ0n) is 20.5. The average molecular weight is 510 g/mol. The van der Waals surface area contributed by atoms with Crippen LogP contribution < -0.4 is 9.47 Å². The molecule has 3 heterocycles. The quantitative estimate of drug-likeness (QED) is 0.237. The summed E-state index contributed by atoms with van der Waals surface area (Å²) in [6, 6.07) is 23.7. The van der Waals surface area contributed by atoms with Gasteiger partial charge in [0.25, 0.3) is 0 Å². The summed E-state index contributed by atoms with van der Waals surface area (Å²) < 4.78 is 19.1. The van der Waals surface area contributed by atoms with E-state index in [9.17, 15) is 0 Å². The molecule has 0 fully saturated rings. The molecule has 0 radical (unpaired) electrons. The Bertz CT molecular complexity index is 1740. The van der Waals surface area contributed by atoms with Crippen LogP contribution in [0.2, 0.25) is 0 Å². The van der Waals surface area contributed by atoms with Crippen LogP contribution >= 0.6 is 11.8 Å². The molecule has 0 unspecified atom stereocenters. The molecule has 9 heteroatoms. The van der Waals surface area contributed by atoms with Crippen molar-refractivity contribution < 1.29 is 13.9 Å². The molecule has 0 spiro atoms. The van der Waals surface area contributed by atoms with Gasteiger partial charge in [0.05, 0.1) is 47.8 Å². The van der Waals surface area contributed by atoms with E-state index >= 15 is 0 Å². The number of ether oxygens (including phenoxy) is 2. The first-order valence-electron chi connectivity index (χ1n) is 11.6. The van der Waals surface area contributed by atoms with E-state index in [1.54, 1.807) is 26.0 Å². The molecule has 0 aliphatic rings. The SMILES string of the molecule is COc1ccc(-c2cc(-c3nnc(CSc4nc5ccccc5n4C)o3)c3ccccc3n2)cc1OC. The highest BCUT2D eigenvalue weighted by atomic mass is 32.2. The summed E-state index contributed by atoms with van der Waals surface area (Å²) >= 11 is 1.56. The van der Waals surface area contributed by atoms with E-state index in [1.165, 1.54) is 0 Å². The lowest BCUT2D eigenvalue weighted by molar-refractivity contribution is 0.355. The number of thioether (sulfide) groups is 1. The number of hydrogen-bond donors (Lipinski definition) is 0. The van der Waals surface area contributed by atoms with Gasteiger partial charge in [-0.2, -0.15) is 0 Å². The first kappa shape index (κ1) is 23.1. The fraction of sp³-hybridized carbons (Fsp3) is 0.143. The number of fused-ring (bicyclic) bond motifs is 2. The van der Waals surface area contributed by atoms with Gasteiger partial charge >= 0.3 is 0 Å². The zero-order chi connectivity index (χ0) is 25.4. The van der Waals surface area contributed by atoms with E-state index in [1.807, 2.05) is 73.8 Å². The standard InChI is InChI=1S/C28H23N5O3S/c1-33-23-11-7-6-10-21(23)30-28(33)37-16-26-31-32-27(36-26)19-15-22(29-20-9-5-4-8-18(19)20)17-12-13-24(34-2)25(14-17)35-3/h4-15H,16H2,1-3H3. The molecule has 0 aliphatic heterocycles. The van der Waals surface area contributed by atoms with Crippen molar-refractivity contribution in [2.75, 3.05) is 14.2 Å². The van der Waals surface area contributed by atoms with Crippen molar-refractivity contribution in [2.24, 2.45) is 7.05 Å². The lowest BCUT2D eigenvalue weighted by atomic mass is 10.0. The van der Waals surface area contributed by atoms with E-state index in [0.717, 1.165) is 43.9 Å². The Morgan fingerprint density at radius 2 is 1.62 bits per heavy atom. The third kappa shape index (κ3) is 4.27. The lowest BCUT2D eigenvalue weighted by Gasteiger charge is -2.11. The molecule has 184 valence electrons. The van der Waals surface area contributed by atoms with Crippen LogP contribution in [0, 0.1) is 0 Å². The number of methoxy groups -OCH3 is 2. The van der Waals surface area contributed by atoms with Gasteiger partial charge < -0.3 is 18.5 Å². The minimum Gasteiger partial charge on any atom is -0.493 e. The number of rotatable bonds is 7. The van der Waals surface area contributed by atoms with Gasteiger partial charge in [-0.05, 0) is 42.5 Å². The van der Waals surface area contributed by atoms with Gasteiger partial charge in [0.15, 0.2) is 16.7 Å². The van der Waals surface area contributed by atoms with Crippen molar-refractivity contribution in [3.63, 3.8) is 0 Å². The monoisotopic (exact) mass is 509 g/mol. The Balaban J connectivity index is 1.34. The Kier molecular flexibility index (Phi) is 5.97. The fourth-order valence-electron chi connectivity index (χ4n) is 4.30. The molecule has 0 N–H and O–H groups in total. The first-order valence-corrected chi connectivity index (χ1v) is 12.6. The molecule has 6 aromatic rings. The second-order valence-electron chi connectivity index (χ2n) is 8.37. The number of pyridine rings is 1. The molecule has 0 saturated heterocycles. The molecule has 3 aromatic carbocycles. The molecule has 0 aliphatic carbocycles. The van der Waals surface area contributed by atoms with Gasteiger partial charge in [0, 0.05) is 18.0 Å². The number of para-hydroxylation sites is 3. The maximum atomic E-state index is 6.13. The molecular weight excluding hydrogens is 486 g/mol. The van der Waals surface area contributed by atoms with Crippen LogP contribution in [0.4, 0.5) is 0 Å². The maximum absolute atomic E-state index is 6.13. The molecule has 0 amide bonds. The Morgan fingerprint density at radius 1 is 0.838 bits per heavy atom. The van der Waals surface area contributed by atoms with Gasteiger partial charge in [-0.15, -0.1) is 10.2 Å². The predicted octanol–water partition coefficient (Wildman–Crippen LogP) is 6.15. The van der Waals surface area contributed by atoms with Crippen LogP contribution in [-0.4, -0.2) is 39.0 Å². The summed E-state index contributed by atoms with van der Waals surface area (Å²) in [4.78, 5) is 9.59. The molecule has 8 nitrogen and oxygen atoms in total. The fourth-order valence-corrected chi connectivity index (χ4v) is 5.12. The summed E-state index contributed by atoms with van der Waals surface area (Å²) in [5.41, 5.74) is 5.36. The summed E-state index contributed by atoms with van der Waals surface area (Å²) in [7, 11) is 5.24. The van der Waals surface area contributed by atoms with Crippen LogP contribution in [0.15, 0.2) is 82.4 Å². The Morgan fingerprint density at radius 3 is 2.43 bits per heavy atom. The third-order valence-corrected chi connectivity index (χ3v) is 7.18. The van der Waals surface area contributed by atoms with Gasteiger partial charge in [-0.25, -0.2) is 9.97 Å². The van der Waals surface area contributed by atoms with E-state index in [0.29, 0.717) is 29.0 Å². The predicted molar refractivity (Wildman–Crippen MR) is 144 cm³/mol. The number of aryl methyl sites for hydroxylation is 1. The second kappa shape index (κ2) is 9.59. The summed E-state index contributed by atoms with van der Waals surface area (Å²) in [5.74, 6) is 2.78. The van der Waals surface area contributed by atoms with Crippen molar-refractivity contribution in [3.05, 3.63) is 78.7 Å². The average Bonchev–Trinajstić information content (AvgIpc) is 3.55. The first-order chi connectivity index (χ1) is 18.1. The van der Waals surface area contributed by atoms with Crippen molar-refractivity contribution >= 4 is 33.7 Å². The van der Waals surface area contributed by atoms with E-state index in [2.05, 4.69) is 20.8 Å². The minimum absolute atomic E-state index is 0.445. The highest BCUT2D eigenvalue weighted by Gasteiger charge is 2.17. The second-order valence-corrected chi connectivity index (χ2v) is 9.32. The number of aromatic nitrogens is 5. The summed E-state index contributed by atoms with van der Waals surface area (Å²) in [5, 5.41) is 10.5. The molecule has 37 heavy (non-hydrogen) atoms. The molecular formula is C28H23N5O3S. The van der Waals surface area contributed by atoms with E-state index < -0.39 is 0 Å². The third-order valence-electron chi connectivity index (χ3n) is 6.16. The summed E-state index contributed by atoms with van der Waals surface area (Å²) in [6.45, 7) is 0. The van der Waals surface area contributed by atoms with Gasteiger partial charge in [-0.3, -0.25) is 0 Å². The van der Waals surface area contributed by atoms with Crippen LogP contribution in [0.5, 0.6) is 11.5 Å². The van der Waals surface area contributed by atoms with Crippen molar-refractivity contribution in [1.82, 2.24) is 24.7 Å². The van der Waals surface area contributed by atoms with Crippen LogP contribution in [-0.2, 0) is 12.8 Å². The number of nitrogens with zero attached hydrogens (tertiary/aromatic N) is 5. The van der Waals surface area contributed by atoms with Crippen molar-refractivity contribution in [3.8, 4) is 34.2 Å². The smallest absolute Gasteiger partial charge is 0.248 e. The van der Waals surface area contributed by atoms with Crippen molar-refractivity contribution in [2.45, 2.75) is 10.9 Å².